The normalized spacial score (nSPS) is 10.7. The van der Waals surface area contributed by atoms with Gasteiger partial charge in [0.15, 0.2) is 11.2 Å². The fourth-order valence-corrected chi connectivity index (χ4v) is 1.85. The van der Waals surface area contributed by atoms with E-state index in [9.17, 15) is 9.90 Å². The molecule has 0 aliphatic carbocycles. The minimum absolute atomic E-state index is 0. The maximum atomic E-state index is 11.9. The van der Waals surface area contributed by atoms with E-state index in [1.54, 1.807) is 12.1 Å². The third-order valence-electron chi connectivity index (χ3n) is 3.03. The molecule has 3 aromatic rings. The summed E-state index contributed by atoms with van der Waals surface area (Å²) in [5.74, 6) is 0. The van der Waals surface area contributed by atoms with E-state index >= 15 is 0 Å². The number of aromatic nitrogens is 4. The minimum Gasteiger partial charge on any atom is -0.846 e. The van der Waals surface area contributed by atoms with E-state index < -0.39 is 11.6 Å². The molecule has 0 unspecified atom stereocenters. The molecule has 20 heavy (non-hydrogen) atoms. The van der Waals surface area contributed by atoms with Crippen LogP contribution in [0.25, 0.3) is 22.2 Å². The molecule has 0 aliphatic heterocycles. The molecular formula is C12H10KN5O2. The maximum Gasteiger partial charge on any atom is 1.00 e. The second-order valence-electron chi connectivity index (χ2n) is 4.35. The van der Waals surface area contributed by atoms with Crippen molar-refractivity contribution < 1.29 is 56.5 Å². The van der Waals surface area contributed by atoms with Gasteiger partial charge in [0, 0.05) is 12.7 Å². The van der Waals surface area contributed by atoms with Gasteiger partial charge in [-0.2, -0.15) is 0 Å². The number of aryl methyl sites for hydroxylation is 1. The molecule has 0 fully saturated rings. The summed E-state index contributed by atoms with van der Waals surface area (Å²) in [4.78, 5) is 24.1. The fourth-order valence-electron chi connectivity index (χ4n) is 1.85. The molecule has 0 saturated carbocycles. The Morgan fingerprint density at radius 1 is 1.20 bits per heavy atom. The van der Waals surface area contributed by atoms with Gasteiger partial charge in [-0.25, -0.2) is 15.0 Å². The first-order chi connectivity index (χ1) is 8.97. The van der Waals surface area contributed by atoms with Crippen LogP contribution in [-0.2, 0) is 7.05 Å². The van der Waals surface area contributed by atoms with Gasteiger partial charge in [0.1, 0.15) is 0 Å². The molecule has 8 heteroatoms. The SMILES string of the molecule is Cc1cc2nc3c(=O)n(C)c([O-])nc3nc2cc1N.[K+]. The number of nitrogens with zero attached hydrogens (tertiary/aromatic N) is 4. The topological polar surface area (TPSA) is 110 Å². The largest absolute Gasteiger partial charge is 1.00 e. The molecule has 0 radical (unpaired) electrons. The van der Waals surface area contributed by atoms with Gasteiger partial charge in [-0.1, -0.05) is 0 Å². The number of anilines is 1. The number of hydrogen-bond donors (Lipinski definition) is 1. The number of hydrogen-bond acceptors (Lipinski definition) is 6. The summed E-state index contributed by atoms with van der Waals surface area (Å²) < 4.78 is 0.910. The molecule has 3 rings (SSSR count). The second kappa shape index (κ2) is 5.38. The molecule has 2 aromatic heterocycles. The van der Waals surface area contributed by atoms with Crippen LogP contribution >= 0.6 is 0 Å². The van der Waals surface area contributed by atoms with Gasteiger partial charge in [-0.05, 0) is 24.6 Å². The first-order valence-electron chi connectivity index (χ1n) is 5.59. The van der Waals surface area contributed by atoms with Gasteiger partial charge >= 0.3 is 51.4 Å². The van der Waals surface area contributed by atoms with Crippen LogP contribution in [-0.4, -0.2) is 19.5 Å². The van der Waals surface area contributed by atoms with Crippen LogP contribution in [0.15, 0.2) is 16.9 Å². The molecule has 0 atom stereocenters. The van der Waals surface area contributed by atoms with E-state index in [1.807, 2.05) is 6.92 Å². The molecule has 0 bridgehead atoms. The van der Waals surface area contributed by atoms with Crippen LogP contribution in [0.1, 0.15) is 5.56 Å². The number of nitrogen functional groups attached to an aromatic ring is 1. The van der Waals surface area contributed by atoms with Gasteiger partial charge in [0.2, 0.25) is 0 Å². The number of fused-ring (bicyclic) bond motifs is 2. The van der Waals surface area contributed by atoms with Gasteiger partial charge in [0.25, 0.3) is 5.56 Å². The predicted octanol–water partition coefficient (Wildman–Crippen LogP) is -3.16. The zero-order valence-electron chi connectivity index (χ0n) is 11.3. The molecular weight excluding hydrogens is 285 g/mol. The summed E-state index contributed by atoms with van der Waals surface area (Å²) >= 11 is 0. The number of nitrogens with two attached hydrogens (primary N) is 1. The molecule has 1 aromatic carbocycles. The van der Waals surface area contributed by atoms with Crippen LogP contribution in [0.5, 0.6) is 6.01 Å². The van der Waals surface area contributed by atoms with Crippen molar-refractivity contribution in [2.75, 3.05) is 5.73 Å². The summed E-state index contributed by atoms with van der Waals surface area (Å²) in [5.41, 5.74) is 7.92. The monoisotopic (exact) mass is 295 g/mol. The molecule has 0 aliphatic rings. The zero-order chi connectivity index (χ0) is 13.7. The molecule has 0 amide bonds. The molecule has 0 saturated heterocycles. The van der Waals surface area contributed by atoms with Crippen molar-refractivity contribution in [3.8, 4) is 6.01 Å². The summed E-state index contributed by atoms with van der Waals surface area (Å²) in [6.07, 6.45) is 0. The van der Waals surface area contributed by atoms with E-state index in [0.717, 1.165) is 10.1 Å². The van der Waals surface area contributed by atoms with Crippen molar-refractivity contribution >= 4 is 27.9 Å². The quantitative estimate of drug-likeness (QED) is 0.266. The van der Waals surface area contributed by atoms with Crippen LogP contribution < -0.4 is 67.8 Å². The second-order valence-corrected chi connectivity index (χ2v) is 4.35. The van der Waals surface area contributed by atoms with Crippen molar-refractivity contribution in [2.45, 2.75) is 6.92 Å². The van der Waals surface area contributed by atoms with Gasteiger partial charge in [0.05, 0.1) is 17.0 Å². The van der Waals surface area contributed by atoms with Crippen LogP contribution in [0.2, 0.25) is 0 Å². The first-order valence-corrected chi connectivity index (χ1v) is 5.59. The molecule has 7 nitrogen and oxygen atoms in total. The van der Waals surface area contributed by atoms with Crippen molar-refractivity contribution in [2.24, 2.45) is 7.05 Å². The summed E-state index contributed by atoms with van der Waals surface area (Å²) in [7, 11) is 1.36. The predicted molar refractivity (Wildman–Crippen MR) is 68.7 cm³/mol. The van der Waals surface area contributed by atoms with Crippen molar-refractivity contribution in [1.82, 2.24) is 19.5 Å². The average molecular weight is 295 g/mol. The first kappa shape index (κ1) is 15.3. The van der Waals surface area contributed by atoms with E-state index in [4.69, 9.17) is 5.73 Å². The Hall–Kier alpha value is -1.06. The molecule has 2 N–H and O–H groups in total. The third kappa shape index (κ3) is 2.33. The summed E-state index contributed by atoms with van der Waals surface area (Å²) in [5, 5.41) is 11.5. The average Bonchev–Trinajstić information content (AvgIpc) is 2.37. The Morgan fingerprint density at radius 2 is 1.85 bits per heavy atom. The summed E-state index contributed by atoms with van der Waals surface area (Å²) in [6.45, 7) is 1.84. The van der Waals surface area contributed by atoms with Gasteiger partial charge in [-0.15, -0.1) is 0 Å². The minimum atomic E-state index is -0.647. The standard InChI is InChI=1S/C12H11N5O2.K/c1-5-3-7-8(4-6(5)13)15-10-9(14-7)11(18)17(2)12(19)16-10;/h3-4H,13H2,1-2H3,(H,15,16,19);/q;+1/p-1. The van der Waals surface area contributed by atoms with Crippen LogP contribution in [0.4, 0.5) is 5.69 Å². The number of rotatable bonds is 0. The van der Waals surface area contributed by atoms with E-state index in [1.165, 1.54) is 7.05 Å². The van der Waals surface area contributed by atoms with Crippen LogP contribution in [0.3, 0.4) is 0 Å². The molecule has 2 heterocycles. The van der Waals surface area contributed by atoms with Gasteiger partial charge in [-0.3, -0.25) is 4.79 Å². The Labute approximate surface area is 156 Å². The van der Waals surface area contributed by atoms with Crippen LogP contribution in [0, 0.1) is 6.92 Å². The van der Waals surface area contributed by atoms with Crippen molar-refractivity contribution in [1.29, 1.82) is 0 Å². The zero-order valence-corrected chi connectivity index (χ0v) is 14.5. The van der Waals surface area contributed by atoms with E-state index in [-0.39, 0.29) is 62.5 Å². The van der Waals surface area contributed by atoms with Crippen molar-refractivity contribution in [3.63, 3.8) is 0 Å². The Morgan fingerprint density at radius 3 is 2.55 bits per heavy atom. The maximum absolute atomic E-state index is 11.9. The Bertz CT molecular complexity index is 891. The Balaban J connectivity index is 0.00000147. The smallest absolute Gasteiger partial charge is 0.846 e. The fraction of sp³-hybridized carbons (Fsp3) is 0.167. The summed E-state index contributed by atoms with van der Waals surface area (Å²) in [6, 6.07) is 2.76. The van der Waals surface area contributed by atoms with E-state index in [0.29, 0.717) is 16.7 Å². The number of benzene rings is 1. The third-order valence-corrected chi connectivity index (χ3v) is 3.03. The Kier molecular flexibility index (Phi) is 4.12. The van der Waals surface area contributed by atoms with E-state index in [2.05, 4.69) is 15.0 Å². The van der Waals surface area contributed by atoms with Gasteiger partial charge < -0.3 is 15.4 Å². The molecule has 0 spiro atoms. The molecule has 96 valence electrons. The van der Waals surface area contributed by atoms with Crippen molar-refractivity contribution in [3.05, 3.63) is 28.0 Å².